The number of nitrogens with two attached hydrogens (primary N) is 1. The highest BCUT2D eigenvalue weighted by atomic mass is 79.9. The molecule has 3 rings (SSSR count). The quantitative estimate of drug-likeness (QED) is 0.784. The molecule has 2 heterocycles. The number of thiophene rings is 1. The van der Waals surface area contributed by atoms with Crippen molar-refractivity contribution in [2.75, 3.05) is 5.73 Å². The third kappa shape index (κ3) is 1.81. The number of nitrogen functional groups attached to an aromatic ring is 1. The van der Waals surface area contributed by atoms with Gasteiger partial charge in [0.2, 0.25) is 11.8 Å². The lowest BCUT2D eigenvalue weighted by molar-refractivity contribution is 0.445. The minimum atomic E-state index is 0.0164. The highest BCUT2D eigenvalue weighted by Crippen LogP contribution is 2.40. The first-order chi connectivity index (χ1) is 8.15. The van der Waals surface area contributed by atoms with Crippen molar-refractivity contribution in [2.45, 2.75) is 19.3 Å². The molecule has 0 aliphatic heterocycles. The molecule has 0 unspecified atom stereocenters. The molecule has 2 aromatic rings. The Hall–Kier alpha value is -1.14. The molecule has 3 N–H and O–H groups in total. The first-order valence-electron chi connectivity index (χ1n) is 5.29. The zero-order chi connectivity index (χ0) is 12.0. The lowest BCUT2D eigenvalue weighted by atomic mass is 10.1. The molecule has 88 valence electrons. The second kappa shape index (κ2) is 3.96. The Morgan fingerprint density at radius 2 is 2.18 bits per heavy atom. The van der Waals surface area contributed by atoms with E-state index in [0.717, 1.165) is 39.9 Å². The molecule has 0 amide bonds. The van der Waals surface area contributed by atoms with Crippen LogP contribution in [0.1, 0.15) is 16.9 Å². The van der Waals surface area contributed by atoms with Crippen LogP contribution in [0, 0.1) is 0 Å². The van der Waals surface area contributed by atoms with Crippen LogP contribution in [-0.4, -0.2) is 15.1 Å². The zero-order valence-electron chi connectivity index (χ0n) is 8.90. The summed E-state index contributed by atoms with van der Waals surface area (Å²) in [5, 5.41) is 9.86. The van der Waals surface area contributed by atoms with E-state index in [1.165, 1.54) is 4.88 Å². The van der Waals surface area contributed by atoms with Crippen LogP contribution in [0.25, 0.3) is 11.3 Å². The molecular weight excluding hydrogens is 302 g/mol. The molecule has 6 heteroatoms. The van der Waals surface area contributed by atoms with E-state index >= 15 is 0 Å². The van der Waals surface area contributed by atoms with Gasteiger partial charge in [0, 0.05) is 16.0 Å². The van der Waals surface area contributed by atoms with E-state index in [0.29, 0.717) is 0 Å². The van der Waals surface area contributed by atoms with Crippen LogP contribution in [0.15, 0.2) is 9.85 Å². The molecule has 0 fully saturated rings. The molecule has 1 aliphatic carbocycles. The lowest BCUT2D eigenvalue weighted by Crippen LogP contribution is -2.00. The maximum Gasteiger partial charge on any atom is 0.223 e. The first-order valence-corrected chi connectivity index (χ1v) is 6.90. The summed E-state index contributed by atoms with van der Waals surface area (Å²) in [5.41, 5.74) is 8.27. The maximum atomic E-state index is 9.86. The number of aryl methyl sites for hydroxylation is 1. The number of aromatic hydroxyl groups is 1. The second-order valence-electron chi connectivity index (χ2n) is 3.97. The minimum absolute atomic E-state index is 0.0164. The van der Waals surface area contributed by atoms with Gasteiger partial charge in [-0.2, -0.15) is 4.98 Å². The standard InChI is InChI=1S/C11H10BrN3OS/c12-8-4-6-7(17-8)3-1-2-5-9(6)14-11(13)15-10(5)16/h4H,1-3H2,(H3,13,14,15,16). The van der Waals surface area contributed by atoms with Gasteiger partial charge in [-0.1, -0.05) is 0 Å². The summed E-state index contributed by atoms with van der Waals surface area (Å²) in [5.74, 6) is 0.138. The molecule has 0 bridgehead atoms. The number of fused-ring (bicyclic) bond motifs is 3. The summed E-state index contributed by atoms with van der Waals surface area (Å²) in [4.78, 5) is 9.39. The van der Waals surface area contributed by atoms with E-state index in [1.807, 2.05) is 6.07 Å². The molecule has 2 aromatic heterocycles. The van der Waals surface area contributed by atoms with Crippen LogP contribution >= 0.6 is 27.3 Å². The lowest BCUT2D eigenvalue weighted by Gasteiger charge is -2.07. The van der Waals surface area contributed by atoms with E-state index in [-0.39, 0.29) is 11.8 Å². The number of nitrogens with zero attached hydrogens (tertiary/aromatic N) is 2. The molecule has 0 radical (unpaired) electrons. The number of anilines is 1. The summed E-state index contributed by atoms with van der Waals surface area (Å²) in [6.07, 6.45) is 2.79. The first kappa shape index (κ1) is 11.0. The van der Waals surface area contributed by atoms with Gasteiger partial charge >= 0.3 is 0 Å². The maximum absolute atomic E-state index is 9.86. The fraction of sp³-hybridized carbons (Fsp3) is 0.273. The molecule has 4 nitrogen and oxygen atoms in total. The van der Waals surface area contributed by atoms with Gasteiger partial charge in [0.15, 0.2) is 0 Å². The fourth-order valence-corrected chi connectivity index (χ4v) is 3.89. The van der Waals surface area contributed by atoms with Gasteiger partial charge < -0.3 is 10.8 Å². The van der Waals surface area contributed by atoms with E-state index < -0.39 is 0 Å². The third-order valence-electron chi connectivity index (χ3n) is 2.87. The molecule has 0 saturated carbocycles. The molecule has 0 atom stereocenters. The summed E-state index contributed by atoms with van der Waals surface area (Å²) in [6, 6.07) is 2.04. The van der Waals surface area contributed by atoms with Crippen molar-refractivity contribution in [3.8, 4) is 17.1 Å². The van der Waals surface area contributed by atoms with Crippen LogP contribution in [-0.2, 0) is 12.8 Å². The third-order valence-corrected chi connectivity index (χ3v) is 4.57. The van der Waals surface area contributed by atoms with Crippen molar-refractivity contribution >= 4 is 33.2 Å². The van der Waals surface area contributed by atoms with Gasteiger partial charge in [-0.05, 0) is 41.3 Å². The summed E-state index contributed by atoms with van der Waals surface area (Å²) in [6.45, 7) is 0. The summed E-state index contributed by atoms with van der Waals surface area (Å²) >= 11 is 5.20. The van der Waals surface area contributed by atoms with Crippen LogP contribution in [0.4, 0.5) is 5.95 Å². The number of hydrogen-bond donors (Lipinski definition) is 2. The van der Waals surface area contributed by atoms with Gasteiger partial charge in [0.1, 0.15) is 0 Å². The molecule has 1 aliphatic rings. The normalized spacial score (nSPS) is 13.9. The van der Waals surface area contributed by atoms with Crippen molar-refractivity contribution in [1.29, 1.82) is 0 Å². The van der Waals surface area contributed by atoms with E-state index in [2.05, 4.69) is 25.9 Å². The minimum Gasteiger partial charge on any atom is -0.493 e. The Labute approximate surface area is 111 Å². The van der Waals surface area contributed by atoms with Crippen molar-refractivity contribution in [1.82, 2.24) is 9.97 Å². The largest absolute Gasteiger partial charge is 0.493 e. The van der Waals surface area contributed by atoms with Crippen LogP contribution in [0.3, 0.4) is 0 Å². The molecule has 0 spiro atoms. The smallest absolute Gasteiger partial charge is 0.223 e. The average molecular weight is 312 g/mol. The average Bonchev–Trinajstić information content (AvgIpc) is 2.54. The van der Waals surface area contributed by atoms with Gasteiger partial charge in [-0.25, -0.2) is 4.98 Å². The number of rotatable bonds is 0. The van der Waals surface area contributed by atoms with Gasteiger partial charge in [0.25, 0.3) is 0 Å². The molecule has 17 heavy (non-hydrogen) atoms. The Morgan fingerprint density at radius 3 is 3.00 bits per heavy atom. The summed E-state index contributed by atoms with van der Waals surface area (Å²) < 4.78 is 1.08. The van der Waals surface area contributed by atoms with E-state index in [4.69, 9.17) is 5.73 Å². The topological polar surface area (TPSA) is 72.0 Å². The zero-order valence-corrected chi connectivity index (χ0v) is 11.3. The predicted octanol–water partition coefficient (Wildman–Crippen LogP) is 2.74. The molecular formula is C11H10BrN3OS. The van der Waals surface area contributed by atoms with E-state index in [9.17, 15) is 5.11 Å². The molecule has 0 saturated heterocycles. The van der Waals surface area contributed by atoms with Crippen molar-refractivity contribution in [2.24, 2.45) is 0 Å². The fourth-order valence-electron chi connectivity index (χ4n) is 2.15. The number of hydrogen-bond acceptors (Lipinski definition) is 5. The van der Waals surface area contributed by atoms with Gasteiger partial charge in [0.05, 0.1) is 9.48 Å². The van der Waals surface area contributed by atoms with E-state index in [1.54, 1.807) is 11.3 Å². The monoisotopic (exact) mass is 311 g/mol. The Balaban J connectivity index is 2.31. The van der Waals surface area contributed by atoms with Crippen LogP contribution in [0.2, 0.25) is 0 Å². The Kier molecular flexibility index (Phi) is 2.56. The van der Waals surface area contributed by atoms with Gasteiger partial charge in [-0.3, -0.25) is 0 Å². The second-order valence-corrected chi connectivity index (χ2v) is 6.49. The predicted molar refractivity (Wildman–Crippen MR) is 71.1 cm³/mol. The molecule has 0 aromatic carbocycles. The SMILES string of the molecule is Nc1nc(O)c2c(n1)-c1cc(Br)sc1CCC2. The van der Waals surface area contributed by atoms with Crippen molar-refractivity contribution < 1.29 is 5.11 Å². The van der Waals surface area contributed by atoms with Crippen molar-refractivity contribution in [3.05, 3.63) is 20.3 Å². The van der Waals surface area contributed by atoms with Crippen LogP contribution in [0.5, 0.6) is 5.88 Å². The van der Waals surface area contributed by atoms with Crippen LogP contribution < -0.4 is 5.73 Å². The number of halogens is 1. The number of aromatic nitrogens is 2. The Morgan fingerprint density at radius 1 is 1.35 bits per heavy atom. The Bertz CT molecular complexity index is 597. The van der Waals surface area contributed by atoms with Gasteiger partial charge in [-0.15, -0.1) is 11.3 Å². The highest BCUT2D eigenvalue weighted by molar-refractivity contribution is 9.11. The highest BCUT2D eigenvalue weighted by Gasteiger charge is 2.22. The van der Waals surface area contributed by atoms with Crippen molar-refractivity contribution in [3.63, 3.8) is 0 Å². The summed E-state index contributed by atoms with van der Waals surface area (Å²) in [7, 11) is 0.